The Bertz CT molecular complexity index is 2460. The number of piperidine rings is 1. The molecule has 2 aliphatic heterocycles. The van der Waals surface area contributed by atoms with E-state index >= 15 is 0 Å². The van der Waals surface area contributed by atoms with Crippen molar-refractivity contribution in [3.8, 4) is 39.4 Å². The monoisotopic (exact) mass is 858 g/mol. The first-order valence-electron chi connectivity index (χ1n) is 20.2. The van der Waals surface area contributed by atoms with E-state index in [4.69, 9.17) is 42.8 Å². The van der Waals surface area contributed by atoms with Gasteiger partial charge in [-0.05, 0) is 52.2 Å². The summed E-state index contributed by atoms with van der Waals surface area (Å²) in [4.78, 5) is 45.7. The van der Waals surface area contributed by atoms with Gasteiger partial charge in [-0.25, -0.2) is 14.4 Å². The second-order valence-electron chi connectivity index (χ2n) is 16.5. The van der Waals surface area contributed by atoms with Gasteiger partial charge in [0.2, 0.25) is 24.1 Å². The van der Waals surface area contributed by atoms with E-state index in [2.05, 4.69) is 10.6 Å². The molecular formula is C44H52Cl2N8O6. The van der Waals surface area contributed by atoms with Crippen LogP contribution in [0.4, 0.5) is 0 Å². The number of aliphatic hydroxyl groups excluding tert-OH is 1. The third-order valence-corrected chi connectivity index (χ3v) is 11.9. The molecule has 2 aromatic carbocycles. The van der Waals surface area contributed by atoms with Crippen LogP contribution in [0.2, 0.25) is 10.0 Å². The zero-order valence-electron chi connectivity index (χ0n) is 34.8. The predicted octanol–water partition coefficient (Wildman–Crippen LogP) is 6.02. The molecule has 2 saturated heterocycles. The number of hydrogen-bond acceptors (Lipinski definition) is 10. The van der Waals surface area contributed by atoms with Gasteiger partial charge in [-0.3, -0.25) is 19.0 Å². The molecule has 0 saturated carbocycles. The van der Waals surface area contributed by atoms with Gasteiger partial charge in [0.25, 0.3) is 5.56 Å². The number of carbonyl (C=O) groups is 2. The van der Waals surface area contributed by atoms with Crippen LogP contribution in [0.5, 0.6) is 5.88 Å². The number of carbonyl (C=O) groups excluding carboxylic acids is 2. The number of likely N-dealkylation sites (tertiary alicyclic amines) is 1. The summed E-state index contributed by atoms with van der Waals surface area (Å²) in [6.07, 6.45) is 3.36. The van der Waals surface area contributed by atoms with Crippen molar-refractivity contribution >= 4 is 40.5 Å². The number of rotatable bonds is 13. The first kappa shape index (κ1) is 43.3. The van der Waals surface area contributed by atoms with Crippen LogP contribution in [-0.4, -0.2) is 96.7 Å². The van der Waals surface area contributed by atoms with E-state index in [0.29, 0.717) is 99.8 Å². The van der Waals surface area contributed by atoms with Crippen molar-refractivity contribution < 1.29 is 24.2 Å². The second-order valence-corrected chi connectivity index (χ2v) is 17.2. The number of nitrogens with one attached hydrogen (secondary N) is 2. The van der Waals surface area contributed by atoms with Crippen LogP contribution in [0, 0.1) is 0 Å². The summed E-state index contributed by atoms with van der Waals surface area (Å²) in [6, 6.07) is 17.0. The Morgan fingerprint density at radius 2 is 1.68 bits per heavy atom. The van der Waals surface area contributed by atoms with Gasteiger partial charge in [-0.15, -0.1) is 0 Å². The van der Waals surface area contributed by atoms with Gasteiger partial charge in [0.05, 0.1) is 35.0 Å². The number of benzene rings is 2. The first-order valence-corrected chi connectivity index (χ1v) is 20.9. The molecule has 2 fully saturated rings. The standard InChI is InChI=1S/C44H52Cl2N8O6/c1-26(55)52-19-17-29(18-20-52)47-22-37-50-54-24-28(21-36(54)42(57)51(37)5)31-9-7-10-32(39(31)45)33-11-8-12-34(40(33)46)35-15-13-27(41(49-35)59-6)23-53(43(58)60-44(2,3)4)25-30-14-16-38(56)48-30/h7-13,15,21,24,29-30,43,47,58H,14,16-20,22-23,25H2,1-6H3,(H,48,56). The molecule has 60 heavy (non-hydrogen) atoms. The number of methoxy groups -OCH3 is 1. The van der Waals surface area contributed by atoms with Crippen molar-refractivity contribution in [2.45, 2.75) is 90.6 Å². The Morgan fingerprint density at radius 3 is 2.32 bits per heavy atom. The molecule has 3 N–H and O–H groups in total. The highest BCUT2D eigenvalue weighted by molar-refractivity contribution is 6.39. The lowest BCUT2D eigenvalue weighted by molar-refractivity contribution is -0.242. The number of hydrogen-bond donors (Lipinski definition) is 3. The van der Waals surface area contributed by atoms with Gasteiger partial charge < -0.3 is 30.1 Å². The van der Waals surface area contributed by atoms with Crippen molar-refractivity contribution in [2.24, 2.45) is 7.05 Å². The lowest BCUT2D eigenvalue weighted by atomic mass is 9.97. The molecule has 318 valence electrons. The molecule has 0 radical (unpaired) electrons. The summed E-state index contributed by atoms with van der Waals surface area (Å²) in [5, 5.41) is 23.3. The Labute approximate surface area is 359 Å². The van der Waals surface area contributed by atoms with Gasteiger partial charge >= 0.3 is 0 Å². The summed E-state index contributed by atoms with van der Waals surface area (Å²) < 4.78 is 14.9. The largest absolute Gasteiger partial charge is 0.481 e. The van der Waals surface area contributed by atoms with Crippen molar-refractivity contribution in [3.05, 3.63) is 92.6 Å². The molecule has 0 bridgehead atoms. The topological polar surface area (TPSA) is 156 Å². The molecule has 2 aliphatic rings. The highest BCUT2D eigenvalue weighted by Crippen LogP contribution is 2.42. The van der Waals surface area contributed by atoms with E-state index in [1.165, 1.54) is 0 Å². The second kappa shape index (κ2) is 18.0. The van der Waals surface area contributed by atoms with Gasteiger partial charge in [0.1, 0.15) is 11.3 Å². The van der Waals surface area contributed by atoms with Crippen molar-refractivity contribution in [1.82, 2.24) is 39.6 Å². The molecule has 2 unspecified atom stereocenters. The van der Waals surface area contributed by atoms with Crippen molar-refractivity contribution in [1.29, 1.82) is 0 Å². The number of amides is 2. The average molecular weight is 860 g/mol. The van der Waals surface area contributed by atoms with Gasteiger partial charge in [-0.2, -0.15) is 5.10 Å². The molecular weight excluding hydrogens is 807 g/mol. The van der Waals surface area contributed by atoms with E-state index in [0.717, 1.165) is 18.4 Å². The van der Waals surface area contributed by atoms with Crippen LogP contribution in [0.25, 0.3) is 39.0 Å². The Kier molecular flexibility index (Phi) is 13.0. The minimum atomic E-state index is -1.24. The number of nitrogens with zero attached hydrogens (tertiary/aromatic N) is 6. The van der Waals surface area contributed by atoms with Crippen molar-refractivity contribution in [3.63, 3.8) is 0 Å². The summed E-state index contributed by atoms with van der Waals surface area (Å²) in [5.41, 5.74) is 4.40. The van der Waals surface area contributed by atoms with Crippen LogP contribution in [0.3, 0.4) is 0 Å². The number of ether oxygens (including phenoxy) is 2. The van der Waals surface area contributed by atoms with E-state index in [1.807, 2.05) is 80.4 Å². The Morgan fingerprint density at radius 1 is 1.02 bits per heavy atom. The Balaban J connectivity index is 1.13. The lowest BCUT2D eigenvalue weighted by Crippen LogP contribution is -2.47. The van der Waals surface area contributed by atoms with Crippen LogP contribution >= 0.6 is 23.2 Å². The minimum Gasteiger partial charge on any atom is -0.481 e. The zero-order chi connectivity index (χ0) is 42.9. The highest BCUT2D eigenvalue weighted by atomic mass is 35.5. The highest BCUT2D eigenvalue weighted by Gasteiger charge is 2.30. The SMILES string of the molecule is COc1nc(-c2cccc(-c3cccc(-c4cc5c(=O)n(C)c(CNC6CCN(C(C)=O)CC6)nn5c4)c3Cl)c2Cl)ccc1CN(CC1CCC(=O)N1)C(O)OC(C)(C)C. The molecule has 3 aromatic heterocycles. The smallest absolute Gasteiger partial charge is 0.277 e. The van der Waals surface area contributed by atoms with E-state index in [-0.39, 0.29) is 36.0 Å². The van der Waals surface area contributed by atoms with Crippen LogP contribution in [-0.2, 0) is 34.5 Å². The van der Waals surface area contributed by atoms with Gasteiger partial charge in [0.15, 0.2) is 0 Å². The molecule has 0 aliphatic carbocycles. The van der Waals surface area contributed by atoms with Gasteiger partial charge in [0, 0.05) is 98.2 Å². The van der Waals surface area contributed by atoms with Crippen molar-refractivity contribution in [2.75, 3.05) is 26.7 Å². The first-order chi connectivity index (χ1) is 28.6. The number of fused-ring (bicyclic) bond motifs is 1. The molecule has 0 spiro atoms. The Hall–Kier alpha value is -4.83. The van der Waals surface area contributed by atoms with Crippen LogP contribution in [0.1, 0.15) is 64.8 Å². The third kappa shape index (κ3) is 9.54. The van der Waals surface area contributed by atoms with Crippen LogP contribution < -0.4 is 20.9 Å². The van der Waals surface area contributed by atoms with Gasteiger partial charge in [-0.1, -0.05) is 65.7 Å². The molecule has 2 atom stereocenters. The molecule has 16 heteroatoms. The quantitative estimate of drug-likeness (QED) is 0.120. The van der Waals surface area contributed by atoms with E-state index < -0.39 is 12.0 Å². The normalized spacial score (nSPS) is 16.8. The molecule has 2 amide bonds. The van der Waals surface area contributed by atoms with E-state index in [9.17, 15) is 19.5 Å². The summed E-state index contributed by atoms with van der Waals surface area (Å²) in [7, 11) is 3.26. The summed E-state index contributed by atoms with van der Waals surface area (Å²) in [6.45, 7) is 9.64. The molecule has 7 rings (SSSR count). The molecule has 5 aromatic rings. The number of aliphatic hydroxyl groups is 1. The fraction of sp³-hybridized carbons (Fsp3) is 0.432. The maximum absolute atomic E-state index is 13.6. The lowest BCUT2D eigenvalue weighted by Gasteiger charge is -2.34. The number of halogens is 2. The maximum Gasteiger partial charge on any atom is 0.277 e. The zero-order valence-corrected chi connectivity index (χ0v) is 36.3. The fourth-order valence-corrected chi connectivity index (χ4v) is 8.53. The number of pyridine rings is 1. The predicted molar refractivity (Wildman–Crippen MR) is 232 cm³/mol. The number of aromatic nitrogens is 4. The third-order valence-electron chi connectivity index (χ3n) is 11.1. The van der Waals surface area contributed by atoms with E-state index in [1.54, 1.807) is 41.1 Å². The summed E-state index contributed by atoms with van der Waals surface area (Å²) >= 11 is 14.4. The molecule has 14 nitrogen and oxygen atoms in total. The minimum absolute atomic E-state index is 0.0109. The fourth-order valence-electron chi connectivity index (χ4n) is 7.87. The average Bonchev–Trinajstić information content (AvgIpc) is 3.84. The van der Waals surface area contributed by atoms with Crippen LogP contribution in [0.15, 0.2) is 65.6 Å². The molecule has 5 heterocycles. The maximum atomic E-state index is 13.6. The summed E-state index contributed by atoms with van der Waals surface area (Å²) in [5.74, 6) is 1.02.